The van der Waals surface area contributed by atoms with Crippen LogP contribution in [0.15, 0.2) is 35.9 Å². The summed E-state index contributed by atoms with van der Waals surface area (Å²) in [6, 6.07) is 8.48. The molecule has 2 N–H and O–H groups in total. The average molecular weight is 299 g/mol. The Morgan fingerprint density at radius 3 is 2.71 bits per heavy atom. The smallest absolute Gasteiger partial charge is 0.0521 e. The summed E-state index contributed by atoms with van der Waals surface area (Å²) in [7, 11) is 0. The SMILES string of the molecule is NC(C1=CCCC1)c1ccccc1I. The number of halogens is 1. The maximum atomic E-state index is 6.23. The summed E-state index contributed by atoms with van der Waals surface area (Å²) in [5, 5.41) is 0. The Labute approximate surface area is 98.5 Å². The molecule has 1 nitrogen and oxygen atoms in total. The van der Waals surface area contributed by atoms with Crippen LogP contribution in [0.4, 0.5) is 0 Å². The van der Waals surface area contributed by atoms with Crippen molar-refractivity contribution in [2.24, 2.45) is 5.73 Å². The highest BCUT2D eigenvalue weighted by atomic mass is 127. The van der Waals surface area contributed by atoms with Crippen molar-refractivity contribution in [2.45, 2.75) is 25.3 Å². The first-order chi connectivity index (χ1) is 6.79. The molecule has 1 aliphatic rings. The van der Waals surface area contributed by atoms with Crippen LogP contribution in [0.3, 0.4) is 0 Å². The van der Waals surface area contributed by atoms with Gasteiger partial charge in [0.2, 0.25) is 0 Å². The van der Waals surface area contributed by atoms with E-state index in [2.05, 4.69) is 52.9 Å². The topological polar surface area (TPSA) is 26.0 Å². The van der Waals surface area contributed by atoms with Gasteiger partial charge in [0.25, 0.3) is 0 Å². The summed E-state index contributed by atoms with van der Waals surface area (Å²) < 4.78 is 1.27. The minimum Gasteiger partial charge on any atom is -0.321 e. The van der Waals surface area contributed by atoms with Gasteiger partial charge in [0.05, 0.1) is 6.04 Å². The van der Waals surface area contributed by atoms with Gasteiger partial charge >= 0.3 is 0 Å². The lowest BCUT2D eigenvalue weighted by atomic mass is 9.99. The number of nitrogens with two attached hydrogens (primary N) is 1. The molecule has 1 unspecified atom stereocenters. The first-order valence-corrected chi connectivity index (χ1v) is 6.06. The highest BCUT2D eigenvalue weighted by Gasteiger charge is 2.16. The van der Waals surface area contributed by atoms with Crippen molar-refractivity contribution in [1.29, 1.82) is 0 Å². The second kappa shape index (κ2) is 4.45. The van der Waals surface area contributed by atoms with Crippen LogP contribution in [0, 0.1) is 3.57 Å². The molecule has 0 spiro atoms. The van der Waals surface area contributed by atoms with Gasteiger partial charge < -0.3 is 5.73 Å². The second-order valence-corrected chi connectivity index (χ2v) is 4.83. The maximum absolute atomic E-state index is 6.23. The van der Waals surface area contributed by atoms with Crippen molar-refractivity contribution in [2.75, 3.05) is 0 Å². The standard InChI is InChI=1S/C12H14IN/c13-11-8-4-3-7-10(11)12(14)9-5-1-2-6-9/h3-5,7-8,12H,1-2,6,14H2. The molecular formula is C12H14IN. The first kappa shape index (κ1) is 10.2. The third-order valence-corrected chi connectivity index (χ3v) is 3.70. The van der Waals surface area contributed by atoms with E-state index in [9.17, 15) is 0 Å². The lowest BCUT2D eigenvalue weighted by Crippen LogP contribution is -2.13. The van der Waals surface area contributed by atoms with Crippen molar-refractivity contribution in [3.63, 3.8) is 0 Å². The van der Waals surface area contributed by atoms with Crippen LogP contribution in [0.1, 0.15) is 30.9 Å². The molecule has 1 aromatic rings. The van der Waals surface area contributed by atoms with Crippen LogP contribution in [-0.2, 0) is 0 Å². The normalized spacial score (nSPS) is 18.0. The monoisotopic (exact) mass is 299 g/mol. The van der Waals surface area contributed by atoms with E-state index in [1.165, 1.54) is 34.0 Å². The van der Waals surface area contributed by atoms with E-state index in [0.717, 1.165) is 0 Å². The van der Waals surface area contributed by atoms with Crippen LogP contribution in [0.2, 0.25) is 0 Å². The summed E-state index contributed by atoms with van der Waals surface area (Å²) in [6.07, 6.45) is 5.94. The molecule has 0 bridgehead atoms. The van der Waals surface area contributed by atoms with Crippen molar-refractivity contribution in [3.8, 4) is 0 Å². The van der Waals surface area contributed by atoms with Crippen molar-refractivity contribution in [1.82, 2.24) is 0 Å². The molecule has 0 fully saturated rings. The maximum Gasteiger partial charge on any atom is 0.0521 e. The molecule has 74 valence electrons. The van der Waals surface area contributed by atoms with Gasteiger partial charge in [-0.1, -0.05) is 29.8 Å². The van der Waals surface area contributed by atoms with Gasteiger partial charge in [-0.05, 0) is 53.5 Å². The zero-order valence-corrected chi connectivity index (χ0v) is 10.2. The van der Waals surface area contributed by atoms with Crippen LogP contribution in [0.5, 0.6) is 0 Å². The summed E-state index contributed by atoms with van der Waals surface area (Å²) in [5.74, 6) is 0. The number of allylic oxidation sites excluding steroid dienone is 1. The van der Waals surface area contributed by atoms with Crippen LogP contribution in [-0.4, -0.2) is 0 Å². The molecule has 14 heavy (non-hydrogen) atoms. The summed E-state index contributed by atoms with van der Waals surface area (Å²) >= 11 is 2.35. The summed E-state index contributed by atoms with van der Waals surface area (Å²) in [5.41, 5.74) is 8.90. The minimum atomic E-state index is 0.116. The Morgan fingerprint density at radius 2 is 2.07 bits per heavy atom. The Morgan fingerprint density at radius 1 is 1.29 bits per heavy atom. The van der Waals surface area contributed by atoms with Gasteiger partial charge in [-0.3, -0.25) is 0 Å². The predicted octanol–water partition coefficient (Wildman–Crippen LogP) is 3.40. The van der Waals surface area contributed by atoms with Gasteiger partial charge in [-0.25, -0.2) is 0 Å². The molecule has 1 aliphatic carbocycles. The molecule has 1 aromatic carbocycles. The largest absolute Gasteiger partial charge is 0.321 e. The molecule has 0 aliphatic heterocycles. The number of hydrogen-bond donors (Lipinski definition) is 1. The van der Waals surface area contributed by atoms with E-state index in [1.54, 1.807) is 0 Å². The third-order valence-electron chi connectivity index (χ3n) is 2.72. The molecule has 2 heteroatoms. The minimum absolute atomic E-state index is 0.116. The Balaban J connectivity index is 2.26. The number of hydrogen-bond acceptors (Lipinski definition) is 1. The van der Waals surface area contributed by atoms with Crippen molar-refractivity contribution in [3.05, 3.63) is 45.0 Å². The third kappa shape index (κ3) is 2.01. The van der Waals surface area contributed by atoms with Crippen molar-refractivity contribution >= 4 is 22.6 Å². The molecule has 0 heterocycles. The zero-order chi connectivity index (χ0) is 9.97. The van der Waals surface area contributed by atoms with Gasteiger partial charge in [0.15, 0.2) is 0 Å². The number of rotatable bonds is 2. The quantitative estimate of drug-likeness (QED) is 0.657. The molecule has 0 radical (unpaired) electrons. The molecular weight excluding hydrogens is 285 g/mol. The highest BCUT2D eigenvalue weighted by molar-refractivity contribution is 14.1. The van der Waals surface area contributed by atoms with Crippen LogP contribution in [0.25, 0.3) is 0 Å². The van der Waals surface area contributed by atoms with E-state index in [0.29, 0.717) is 0 Å². The highest BCUT2D eigenvalue weighted by Crippen LogP contribution is 2.30. The fourth-order valence-electron chi connectivity index (χ4n) is 1.91. The van der Waals surface area contributed by atoms with Crippen LogP contribution < -0.4 is 5.73 Å². The average Bonchev–Trinajstić information content (AvgIpc) is 2.70. The lowest BCUT2D eigenvalue weighted by Gasteiger charge is -2.15. The number of benzene rings is 1. The lowest BCUT2D eigenvalue weighted by molar-refractivity contribution is 0.781. The van der Waals surface area contributed by atoms with E-state index in [-0.39, 0.29) is 6.04 Å². The fraction of sp³-hybridized carbons (Fsp3) is 0.333. The Kier molecular flexibility index (Phi) is 3.23. The Hall–Kier alpha value is -0.350. The summed E-state index contributed by atoms with van der Waals surface area (Å²) in [6.45, 7) is 0. The molecule has 2 rings (SSSR count). The van der Waals surface area contributed by atoms with Gasteiger partial charge in [0, 0.05) is 3.57 Å². The van der Waals surface area contributed by atoms with E-state index < -0.39 is 0 Å². The molecule has 0 aromatic heterocycles. The predicted molar refractivity (Wildman–Crippen MR) is 68.0 cm³/mol. The first-order valence-electron chi connectivity index (χ1n) is 4.98. The Bertz CT molecular complexity index is 357. The second-order valence-electron chi connectivity index (χ2n) is 3.67. The molecule has 1 atom stereocenters. The van der Waals surface area contributed by atoms with Crippen LogP contribution >= 0.6 is 22.6 Å². The van der Waals surface area contributed by atoms with E-state index in [4.69, 9.17) is 5.73 Å². The molecule has 0 amide bonds. The van der Waals surface area contributed by atoms with Gasteiger partial charge in [-0.2, -0.15) is 0 Å². The van der Waals surface area contributed by atoms with Gasteiger partial charge in [-0.15, -0.1) is 0 Å². The molecule has 0 saturated carbocycles. The molecule has 0 saturated heterocycles. The van der Waals surface area contributed by atoms with Crippen molar-refractivity contribution < 1.29 is 0 Å². The van der Waals surface area contributed by atoms with Gasteiger partial charge in [0.1, 0.15) is 0 Å². The van der Waals surface area contributed by atoms with E-state index in [1.807, 2.05) is 0 Å². The zero-order valence-electron chi connectivity index (χ0n) is 8.04. The fourth-order valence-corrected chi connectivity index (χ4v) is 2.63. The summed E-state index contributed by atoms with van der Waals surface area (Å²) in [4.78, 5) is 0. The van der Waals surface area contributed by atoms with E-state index >= 15 is 0 Å².